The van der Waals surface area contributed by atoms with Gasteiger partial charge < -0.3 is 0 Å². The van der Waals surface area contributed by atoms with Crippen LogP contribution >= 0.6 is 11.6 Å². The zero-order valence-electron chi connectivity index (χ0n) is 12.9. The molecule has 1 aromatic heterocycles. The number of para-hydroxylation sites is 1. The van der Waals surface area contributed by atoms with Crippen molar-refractivity contribution in [3.8, 4) is 0 Å². The zero-order valence-corrected chi connectivity index (χ0v) is 13.6. The molecule has 0 aliphatic heterocycles. The number of halogens is 1. The molecule has 3 rings (SSSR count). The van der Waals surface area contributed by atoms with Crippen LogP contribution in [0.3, 0.4) is 0 Å². The fourth-order valence-corrected chi connectivity index (χ4v) is 2.66. The quantitative estimate of drug-likeness (QED) is 0.584. The number of carbonyl (C=O) groups is 2. The molecular formula is C18H14ClN3O2. The summed E-state index contributed by atoms with van der Waals surface area (Å²) in [5.74, 6) is -0.488. The Kier molecular flexibility index (Phi) is 4.44. The molecule has 0 aliphatic rings. The Morgan fingerprint density at radius 2 is 1.83 bits per heavy atom. The predicted octanol–water partition coefficient (Wildman–Crippen LogP) is 3.72. The molecule has 120 valence electrons. The van der Waals surface area contributed by atoms with Gasteiger partial charge in [-0.2, -0.15) is 5.10 Å². The molecule has 3 aromatic rings. The third-order valence-electron chi connectivity index (χ3n) is 3.57. The van der Waals surface area contributed by atoms with E-state index in [2.05, 4.69) is 10.5 Å². The normalized spacial score (nSPS) is 11.1. The maximum Gasteiger partial charge on any atom is 0.272 e. The van der Waals surface area contributed by atoms with E-state index in [9.17, 15) is 9.59 Å². The van der Waals surface area contributed by atoms with Crippen molar-refractivity contribution in [2.75, 3.05) is 0 Å². The van der Waals surface area contributed by atoms with E-state index < -0.39 is 5.91 Å². The molecule has 1 N–H and O–H groups in total. The lowest BCUT2D eigenvalue weighted by molar-refractivity contribution is 0.0937. The van der Waals surface area contributed by atoms with E-state index in [1.165, 1.54) is 13.1 Å². The van der Waals surface area contributed by atoms with Gasteiger partial charge >= 0.3 is 0 Å². The van der Waals surface area contributed by atoms with Gasteiger partial charge in [0.15, 0.2) is 0 Å². The van der Waals surface area contributed by atoms with E-state index >= 15 is 0 Å². The Morgan fingerprint density at radius 1 is 1.12 bits per heavy atom. The van der Waals surface area contributed by atoms with E-state index in [1.807, 2.05) is 24.3 Å². The minimum Gasteiger partial charge on any atom is -0.287 e. The molecule has 0 radical (unpaired) electrons. The third-order valence-corrected chi connectivity index (χ3v) is 3.90. The van der Waals surface area contributed by atoms with Gasteiger partial charge in [-0.15, -0.1) is 0 Å². The molecule has 0 saturated carbocycles. The Morgan fingerprint density at radius 3 is 2.58 bits per heavy atom. The first kappa shape index (κ1) is 16.0. The lowest BCUT2D eigenvalue weighted by Crippen LogP contribution is -2.17. The number of carbonyl (C=O) groups excluding carboxylic acids is 2. The van der Waals surface area contributed by atoms with Crippen LogP contribution in [0.5, 0.6) is 0 Å². The van der Waals surface area contributed by atoms with Gasteiger partial charge in [0.25, 0.3) is 5.91 Å². The SMILES string of the molecule is CC(=O)n1cc(C=NNC(=O)c2ccccc2Cl)c2ccccc21. The van der Waals surface area contributed by atoms with Crippen molar-refractivity contribution in [3.05, 3.63) is 70.9 Å². The first-order chi connectivity index (χ1) is 11.6. The zero-order chi connectivity index (χ0) is 17.1. The second kappa shape index (κ2) is 6.68. The summed E-state index contributed by atoms with van der Waals surface area (Å²) in [6.45, 7) is 1.49. The molecule has 2 aromatic carbocycles. The maximum absolute atomic E-state index is 12.1. The van der Waals surface area contributed by atoms with Crippen LogP contribution in [-0.4, -0.2) is 22.6 Å². The van der Waals surface area contributed by atoms with Crippen LogP contribution in [0.2, 0.25) is 5.02 Å². The van der Waals surface area contributed by atoms with Crippen molar-refractivity contribution in [2.45, 2.75) is 6.92 Å². The number of hydrogen-bond acceptors (Lipinski definition) is 3. The Bertz CT molecular complexity index is 960. The van der Waals surface area contributed by atoms with E-state index in [0.29, 0.717) is 10.6 Å². The number of hydrazone groups is 1. The lowest BCUT2D eigenvalue weighted by atomic mass is 10.2. The number of nitrogens with one attached hydrogen (secondary N) is 1. The molecule has 0 aliphatic carbocycles. The van der Waals surface area contributed by atoms with Gasteiger partial charge in [-0.05, 0) is 18.2 Å². The molecule has 1 amide bonds. The highest BCUT2D eigenvalue weighted by atomic mass is 35.5. The Balaban J connectivity index is 1.85. The molecule has 0 atom stereocenters. The number of benzene rings is 2. The summed E-state index contributed by atoms with van der Waals surface area (Å²) in [5, 5.41) is 5.21. The summed E-state index contributed by atoms with van der Waals surface area (Å²) in [7, 11) is 0. The van der Waals surface area contributed by atoms with Gasteiger partial charge in [0, 0.05) is 24.1 Å². The third kappa shape index (κ3) is 3.07. The summed E-state index contributed by atoms with van der Waals surface area (Å²) in [4.78, 5) is 23.8. The number of nitrogens with zero attached hydrogens (tertiary/aromatic N) is 2. The summed E-state index contributed by atoms with van der Waals surface area (Å²) < 4.78 is 1.55. The summed E-state index contributed by atoms with van der Waals surface area (Å²) in [6.07, 6.45) is 3.20. The highest BCUT2D eigenvalue weighted by molar-refractivity contribution is 6.33. The molecule has 1 heterocycles. The summed E-state index contributed by atoms with van der Waals surface area (Å²) >= 11 is 5.98. The number of aromatic nitrogens is 1. The van der Waals surface area contributed by atoms with E-state index in [1.54, 1.807) is 35.0 Å². The molecule has 0 fully saturated rings. The predicted molar refractivity (Wildman–Crippen MR) is 94.8 cm³/mol. The van der Waals surface area contributed by atoms with Crippen LogP contribution in [0.4, 0.5) is 0 Å². The van der Waals surface area contributed by atoms with Crippen molar-refractivity contribution < 1.29 is 9.59 Å². The molecule has 6 heteroatoms. The van der Waals surface area contributed by atoms with E-state index in [0.717, 1.165) is 16.5 Å². The molecule has 0 bridgehead atoms. The van der Waals surface area contributed by atoms with Crippen LogP contribution in [0.25, 0.3) is 10.9 Å². The fourth-order valence-electron chi connectivity index (χ4n) is 2.44. The average molecular weight is 340 g/mol. The second-order valence-corrected chi connectivity index (χ2v) is 5.58. The van der Waals surface area contributed by atoms with Gasteiger partial charge in [0.05, 0.1) is 22.3 Å². The highest BCUT2D eigenvalue weighted by Gasteiger charge is 2.10. The number of hydrogen-bond donors (Lipinski definition) is 1. The van der Waals surface area contributed by atoms with Gasteiger partial charge in [-0.1, -0.05) is 41.9 Å². The van der Waals surface area contributed by atoms with Crippen LogP contribution in [-0.2, 0) is 0 Å². The highest BCUT2D eigenvalue weighted by Crippen LogP contribution is 2.20. The van der Waals surface area contributed by atoms with Crippen molar-refractivity contribution in [2.24, 2.45) is 5.10 Å². The topological polar surface area (TPSA) is 63.5 Å². The maximum atomic E-state index is 12.1. The van der Waals surface area contributed by atoms with Crippen molar-refractivity contribution in [1.82, 2.24) is 9.99 Å². The van der Waals surface area contributed by atoms with Crippen molar-refractivity contribution >= 4 is 40.5 Å². The van der Waals surface area contributed by atoms with E-state index in [-0.39, 0.29) is 5.91 Å². The minimum absolute atomic E-state index is 0.0917. The van der Waals surface area contributed by atoms with Crippen molar-refractivity contribution in [3.63, 3.8) is 0 Å². The first-order valence-electron chi connectivity index (χ1n) is 7.27. The van der Waals surface area contributed by atoms with Crippen LogP contribution in [0.1, 0.15) is 27.6 Å². The average Bonchev–Trinajstić information content (AvgIpc) is 2.94. The van der Waals surface area contributed by atoms with Crippen LogP contribution < -0.4 is 5.43 Å². The molecule has 24 heavy (non-hydrogen) atoms. The first-order valence-corrected chi connectivity index (χ1v) is 7.64. The largest absolute Gasteiger partial charge is 0.287 e. The smallest absolute Gasteiger partial charge is 0.272 e. The minimum atomic E-state index is -0.396. The molecule has 0 spiro atoms. The van der Waals surface area contributed by atoms with Crippen molar-refractivity contribution in [1.29, 1.82) is 0 Å². The molecule has 0 unspecified atom stereocenters. The Hall–Kier alpha value is -2.92. The second-order valence-electron chi connectivity index (χ2n) is 5.17. The molecule has 5 nitrogen and oxygen atoms in total. The number of amides is 1. The lowest BCUT2D eigenvalue weighted by Gasteiger charge is -2.01. The fraction of sp³-hybridized carbons (Fsp3) is 0.0556. The van der Waals surface area contributed by atoms with E-state index in [4.69, 9.17) is 11.6 Å². The van der Waals surface area contributed by atoms with Gasteiger partial charge in [0.1, 0.15) is 0 Å². The van der Waals surface area contributed by atoms with Crippen LogP contribution in [0, 0.1) is 0 Å². The molecule has 0 saturated heterocycles. The van der Waals surface area contributed by atoms with Gasteiger partial charge in [-0.25, -0.2) is 5.43 Å². The monoisotopic (exact) mass is 339 g/mol. The van der Waals surface area contributed by atoms with Crippen LogP contribution in [0.15, 0.2) is 59.8 Å². The number of rotatable bonds is 3. The summed E-state index contributed by atoms with van der Waals surface area (Å²) in [6, 6.07) is 14.2. The number of fused-ring (bicyclic) bond motifs is 1. The van der Waals surface area contributed by atoms with Gasteiger partial charge in [0.2, 0.25) is 5.91 Å². The molecular weight excluding hydrogens is 326 g/mol. The Labute approximate surface area is 143 Å². The van der Waals surface area contributed by atoms with Gasteiger partial charge in [-0.3, -0.25) is 14.2 Å². The summed E-state index contributed by atoms with van der Waals surface area (Å²) in [5.41, 5.74) is 4.32. The standard InChI is InChI=1S/C18H14ClN3O2/c1-12(23)22-11-13(14-6-3-5-9-17(14)22)10-20-21-18(24)15-7-2-4-8-16(15)19/h2-11H,1H3,(H,21,24).